The zero-order valence-electron chi connectivity index (χ0n) is 10.2. The Morgan fingerprint density at radius 3 is 2.94 bits per heavy atom. The van der Waals surface area contributed by atoms with Gasteiger partial charge in [0.1, 0.15) is 5.75 Å². The molecular formula is C13H17NO3. The molecule has 1 rings (SSSR count). The second-order valence-electron chi connectivity index (χ2n) is 3.45. The highest BCUT2D eigenvalue weighted by atomic mass is 16.7. The molecule has 0 aromatic heterocycles. The Balaban J connectivity index is 2.79. The van der Waals surface area contributed by atoms with Crippen LogP contribution in [0.3, 0.4) is 0 Å². The molecule has 4 nitrogen and oxygen atoms in total. The van der Waals surface area contributed by atoms with E-state index in [1.54, 1.807) is 6.07 Å². The van der Waals surface area contributed by atoms with Gasteiger partial charge in [-0.1, -0.05) is 12.6 Å². The molecule has 1 aromatic carbocycles. The lowest BCUT2D eigenvalue weighted by atomic mass is 10.2. The average Bonchev–Trinajstić information content (AvgIpc) is 2.32. The molecular weight excluding hydrogens is 218 g/mol. The Labute approximate surface area is 101 Å². The highest BCUT2D eigenvalue weighted by molar-refractivity contribution is 5.99. The fourth-order valence-electron chi connectivity index (χ4n) is 1.22. The number of rotatable bonds is 6. The van der Waals surface area contributed by atoms with E-state index in [1.807, 2.05) is 26.0 Å². The SMILES string of the molecule is C=CC(=O)Nc1ccc(C)cc1OCOCC. The molecule has 0 saturated heterocycles. The number of hydrogen-bond acceptors (Lipinski definition) is 3. The average molecular weight is 235 g/mol. The first-order chi connectivity index (χ1) is 8.17. The van der Waals surface area contributed by atoms with E-state index in [0.29, 0.717) is 18.0 Å². The van der Waals surface area contributed by atoms with Gasteiger partial charge >= 0.3 is 0 Å². The summed E-state index contributed by atoms with van der Waals surface area (Å²) < 4.78 is 10.5. The maximum Gasteiger partial charge on any atom is 0.247 e. The molecule has 1 aromatic rings. The smallest absolute Gasteiger partial charge is 0.247 e. The molecule has 0 aliphatic carbocycles. The second kappa shape index (κ2) is 6.70. The lowest BCUT2D eigenvalue weighted by molar-refractivity contribution is -0.111. The number of carbonyl (C=O) groups excluding carboxylic acids is 1. The zero-order valence-corrected chi connectivity index (χ0v) is 10.2. The Bertz CT molecular complexity index is 402. The Morgan fingerprint density at radius 1 is 1.53 bits per heavy atom. The van der Waals surface area contributed by atoms with Gasteiger partial charge in [-0.3, -0.25) is 4.79 Å². The molecule has 0 bridgehead atoms. The van der Waals surface area contributed by atoms with Crippen LogP contribution in [0.2, 0.25) is 0 Å². The fourth-order valence-corrected chi connectivity index (χ4v) is 1.22. The standard InChI is InChI=1S/C13H17NO3/c1-4-13(15)14-11-7-6-10(3)8-12(11)17-9-16-5-2/h4,6-8H,1,5,9H2,2-3H3,(H,14,15). The van der Waals surface area contributed by atoms with Crippen LogP contribution >= 0.6 is 0 Å². The molecule has 0 aliphatic heterocycles. The van der Waals surface area contributed by atoms with Gasteiger partial charge in [-0.15, -0.1) is 0 Å². The van der Waals surface area contributed by atoms with Crippen LogP contribution in [0.4, 0.5) is 5.69 Å². The monoisotopic (exact) mass is 235 g/mol. The Hall–Kier alpha value is -1.81. The van der Waals surface area contributed by atoms with Crippen molar-refractivity contribution in [3.8, 4) is 5.75 Å². The van der Waals surface area contributed by atoms with E-state index in [0.717, 1.165) is 5.56 Å². The van der Waals surface area contributed by atoms with Crippen molar-refractivity contribution in [2.24, 2.45) is 0 Å². The number of carbonyl (C=O) groups is 1. The summed E-state index contributed by atoms with van der Waals surface area (Å²) in [5.74, 6) is 0.323. The lowest BCUT2D eigenvalue weighted by Gasteiger charge is -2.12. The van der Waals surface area contributed by atoms with Crippen LogP contribution < -0.4 is 10.1 Å². The number of benzene rings is 1. The third-order valence-corrected chi connectivity index (χ3v) is 2.08. The molecule has 92 valence electrons. The molecule has 0 heterocycles. The second-order valence-corrected chi connectivity index (χ2v) is 3.45. The highest BCUT2D eigenvalue weighted by Gasteiger charge is 2.06. The van der Waals surface area contributed by atoms with Gasteiger partial charge in [0.2, 0.25) is 5.91 Å². The van der Waals surface area contributed by atoms with Crippen LogP contribution in [0, 0.1) is 6.92 Å². The van der Waals surface area contributed by atoms with Gasteiger partial charge in [0, 0.05) is 6.61 Å². The summed E-state index contributed by atoms with van der Waals surface area (Å²) in [4.78, 5) is 11.2. The minimum absolute atomic E-state index is 0.164. The minimum Gasteiger partial charge on any atom is -0.465 e. The maximum absolute atomic E-state index is 11.2. The number of amides is 1. The Kier molecular flexibility index (Phi) is 5.23. The molecule has 1 amide bonds. The fraction of sp³-hybridized carbons (Fsp3) is 0.308. The first kappa shape index (κ1) is 13.3. The summed E-state index contributed by atoms with van der Waals surface area (Å²) in [6.45, 7) is 7.99. The van der Waals surface area contributed by atoms with Gasteiger partial charge in [0.15, 0.2) is 6.79 Å². The van der Waals surface area contributed by atoms with Gasteiger partial charge in [-0.2, -0.15) is 0 Å². The number of ether oxygens (including phenoxy) is 2. The molecule has 0 radical (unpaired) electrons. The predicted molar refractivity (Wildman–Crippen MR) is 67.1 cm³/mol. The van der Waals surface area contributed by atoms with Crippen molar-refractivity contribution in [3.05, 3.63) is 36.4 Å². The van der Waals surface area contributed by atoms with E-state index in [2.05, 4.69) is 11.9 Å². The first-order valence-electron chi connectivity index (χ1n) is 5.42. The van der Waals surface area contributed by atoms with Crippen molar-refractivity contribution in [1.82, 2.24) is 0 Å². The van der Waals surface area contributed by atoms with Crippen LogP contribution in [0.5, 0.6) is 5.75 Å². The summed E-state index contributed by atoms with van der Waals surface area (Å²) in [6, 6.07) is 5.53. The molecule has 17 heavy (non-hydrogen) atoms. The third-order valence-electron chi connectivity index (χ3n) is 2.08. The van der Waals surface area contributed by atoms with Gasteiger partial charge < -0.3 is 14.8 Å². The van der Waals surface area contributed by atoms with Gasteiger partial charge in [-0.05, 0) is 37.6 Å². The summed E-state index contributed by atoms with van der Waals surface area (Å²) in [5, 5.41) is 2.68. The summed E-state index contributed by atoms with van der Waals surface area (Å²) in [6.07, 6.45) is 1.21. The number of anilines is 1. The summed E-state index contributed by atoms with van der Waals surface area (Å²) in [7, 11) is 0. The Morgan fingerprint density at radius 2 is 2.29 bits per heavy atom. The van der Waals surface area contributed by atoms with Gasteiger partial charge in [-0.25, -0.2) is 0 Å². The molecule has 0 fully saturated rings. The molecule has 0 aliphatic rings. The van der Waals surface area contributed by atoms with E-state index in [1.165, 1.54) is 6.08 Å². The van der Waals surface area contributed by atoms with Crippen molar-refractivity contribution in [2.75, 3.05) is 18.7 Å². The number of hydrogen-bond donors (Lipinski definition) is 1. The van der Waals surface area contributed by atoms with Crippen LogP contribution in [-0.4, -0.2) is 19.3 Å². The van der Waals surface area contributed by atoms with E-state index in [4.69, 9.17) is 9.47 Å². The van der Waals surface area contributed by atoms with E-state index >= 15 is 0 Å². The highest BCUT2D eigenvalue weighted by Crippen LogP contribution is 2.25. The van der Waals surface area contributed by atoms with Crippen LogP contribution in [0.15, 0.2) is 30.9 Å². The van der Waals surface area contributed by atoms with E-state index < -0.39 is 0 Å². The molecule has 0 saturated carbocycles. The first-order valence-corrected chi connectivity index (χ1v) is 5.42. The van der Waals surface area contributed by atoms with Crippen LogP contribution in [0.25, 0.3) is 0 Å². The summed E-state index contributed by atoms with van der Waals surface area (Å²) >= 11 is 0. The van der Waals surface area contributed by atoms with Crippen LogP contribution in [-0.2, 0) is 9.53 Å². The van der Waals surface area contributed by atoms with Crippen molar-refractivity contribution >= 4 is 11.6 Å². The molecule has 4 heteroatoms. The minimum atomic E-state index is -0.268. The largest absolute Gasteiger partial charge is 0.465 e. The van der Waals surface area contributed by atoms with Gasteiger partial charge in [0.05, 0.1) is 5.69 Å². The van der Waals surface area contributed by atoms with Crippen molar-refractivity contribution in [1.29, 1.82) is 0 Å². The number of aryl methyl sites for hydroxylation is 1. The third kappa shape index (κ3) is 4.28. The maximum atomic E-state index is 11.2. The van der Waals surface area contributed by atoms with E-state index in [-0.39, 0.29) is 12.7 Å². The molecule has 1 N–H and O–H groups in total. The quantitative estimate of drug-likeness (QED) is 0.468. The topological polar surface area (TPSA) is 47.6 Å². The zero-order chi connectivity index (χ0) is 12.7. The van der Waals surface area contributed by atoms with Gasteiger partial charge in [0.25, 0.3) is 0 Å². The van der Waals surface area contributed by atoms with Crippen LogP contribution in [0.1, 0.15) is 12.5 Å². The molecule has 0 atom stereocenters. The van der Waals surface area contributed by atoms with Crippen molar-refractivity contribution in [2.45, 2.75) is 13.8 Å². The number of nitrogens with one attached hydrogen (secondary N) is 1. The summed E-state index contributed by atoms with van der Waals surface area (Å²) in [5.41, 5.74) is 1.66. The van der Waals surface area contributed by atoms with Crippen molar-refractivity contribution < 1.29 is 14.3 Å². The van der Waals surface area contributed by atoms with E-state index in [9.17, 15) is 4.79 Å². The van der Waals surface area contributed by atoms with Crippen molar-refractivity contribution in [3.63, 3.8) is 0 Å². The predicted octanol–water partition coefficient (Wildman–Crippen LogP) is 2.49. The lowest BCUT2D eigenvalue weighted by Crippen LogP contribution is -2.10. The molecule has 0 unspecified atom stereocenters. The molecule has 0 spiro atoms. The normalized spacial score (nSPS) is 9.76.